The van der Waals surface area contributed by atoms with Crippen molar-refractivity contribution in [3.63, 3.8) is 0 Å². The second kappa shape index (κ2) is 8.29. The normalized spacial score (nSPS) is 12.5. The third kappa shape index (κ3) is 4.22. The van der Waals surface area contributed by atoms with Crippen LogP contribution < -0.4 is 4.80 Å². The first-order valence-electron chi connectivity index (χ1n) is 7.36. The van der Waals surface area contributed by atoms with Gasteiger partial charge in [-0.2, -0.15) is 4.99 Å². The number of amides is 1. The van der Waals surface area contributed by atoms with Gasteiger partial charge in [0, 0.05) is 24.6 Å². The molecule has 0 aliphatic carbocycles. The molecule has 0 atom stereocenters. The summed E-state index contributed by atoms with van der Waals surface area (Å²) >= 11 is 15.5. The minimum atomic E-state index is -0.326. The van der Waals surface area contributed by atoms with Crippen LogP contribution in [0.5, 0.6) is 0 Å². The molecule has 0 fully saturated rings. The molecular formula is C17H14Cl2N2O2S2. The molecule has 25 heavy (non-hydrogen) atoms. The standard InChI is InChI=1S/C17H14Cl2N2O2S2/c1-23-9-8-21-16-13(6-5-12(18)15(16)19)25-17(21)20-14(22)7-4-11-3-2-10-24-11/h2-7,10H,8-9H2,1H3/b7-4+,20-17?. The summed E-state index contributed by atoms with van der Waals surface area (Å²) in [4.78, 5) is 18.0. The van der Waals surface area contributed by atoms with Gasteiger partial charge in [0.1, 0.15) is 0 Å². The van der Waals surface area contributed by atoms with E-state index in [2.05, 4.69) is 4.99 Å². The number of thiazole rings is 1. The number of aromatic nitrogens is 1. The number of halogens is 2. The van der Waals surface area contributed by atoms with Crippen LogP contribution in [0.15, 0.2) is 40.7 Å². The monoisotopic (exact) mass is 412 g/mol. The maximum atomic E-state index is 12.2. The van der Waals surface area contributed by atoms with Crippen LogP contribution in [0.3, 0.4) is 0 Å². The van der Waals surface area contributed by atoms with Crippen LogP contribution in [0.25, 0.3) is 16.3 Å². The van der Waals surface area contributed by atoms with Crippen molar-refractivity contribution in [3.8, 4) is 0 Å². The molecule has 3 aromatic rings. The Morgan fingerprint density at radius 3 is 2.92 bits per heavy atom. The van der Waals surface area contributed by atoms with Crippen LogP contribution in [0.2, 0.25) is 10.0 Å². The van der Waals surface area contributed by atoms with Gasteiger partial charge in [-0.1, -0.05) is 40.6 Å². The molecule has 1 amide bonds. The summed E-state index contributed by atoms with van der Waals surface area (Å²) in [5.74, 6) is -0.326. The van der Waals surface area contributed by atoms with Crippen molar-refractivity contribution in [1.82, 2.24) is 4.57 Å². The Labute approximate surface area is 162 Å². The number of fused-ring (bicyclic) bond motifs is 1. The number of benzene rings is 1. The molecule has 0 unspecified atom stereocenters. The summed E-state index contributed by atoms with van der Waals surface area (Å²) in [6.07, 6.45) is 3.22. The van der Waals surface area contributed by atoms with E-state index in [-0.39, 0.29) is 5.91 Å². The fraction of sp³-hybridized carbons (Fsp3) is 0.176. The van der Waals surface area contributed by atoms with Gasteiger partial charge < -0.3 is 9.30 Å². The van der Waals surface area contributed by atoms with Crippen LogP contribution in [0.1, 0.15) is 4.88 Å². The lowest BCUT2D eigenvalue weighted by Gasteiger charge is -2.06. The molecule has 130 valence electrons. The first-order valence-corrected chi connectivity index (χ1v) is 9.82. The summed E-state index contributed by atoms with van der Waals surface area (Å²) in [6, 6.07) is 7.49. The SMILES string of the molecule is COCCn1c(=NC(=O)/C=C/c2cccs2)sc2ccc(Cl)c(Cl)c21. The second-order valence-corrected chi connectivity index (χ2v) is 7.81. The summed E-state index contributed by atoms with van der Waals surface area (Å²) in [5, 5.41) is 2.88. The number of rotatable bonds is 5. The largest absolute Gasteiger partial charge is 0.383 e. The summed E-state index contributed by atoms with van der Waals surface area (Å²) < 4.78 is 7.94. The van der Waals surface area contributed by atoms with Crippen molar-refractivity contribution in [2.75, 3.05) is 13.7 Å². The molecule has 0 aliphatic rings. The zero-order valence-electron chi connectivity index (χ0n) is 13.2. The van der Waals surface area contributed by atoms with Crippen LogP contribution in [-0.4, -0.2) is 24.2 Å². The maximum Gasteiger partial charge on any atom is 0.272 e. The van der Waals surface area contributed by atoms with Crippen LogP contribution in [0, 0.1) is 0 Å². The van der Waals surface area contributed by atoms with Gasteiger partial charge >= 0.3 is 0 Å². The van der Waals surface area contributed by atoms with Crippen LogP contribution in [0.4, 0.5) is 0 Å². The van der Waals surface area contributed by atoms with Crippen molar-refractivity contribution >= 4 is 68.1 Å². The predicted octanol–water partition coefficient (Wildman–Crippen LogP) is 4.86. The number of nitrogens with zero attached hydrogens (tertiary/aromatic N) is 2. The number of thiophene rings is 1. The Morgan fingerprint density at radius 1 is 1.36 bits per heavy atom. The van der Waals surface area contributed by atoms with Crippen molar-refractivity contribution in [2.24, 2.45) is 4.99 Å². The lowest BCUT2D eigenvalue weighted by atomic mass is 10.3. The van der Waals surface area contributed by atoms with Gasteiger partial charge in [-0.05, 0) is 29.7 Å². The maximum absolute atomic E-state index is 12.2. The van der Waals surface area contributed by atoms with Crippen molar-refractivity contribution < 1.29 is 9.53 Å². The Kier molecular flexibility index (Phi) is 6.09. The lowest BCUT2D eigenvalue weighted by molar-refractivity contribution is -0.113. The number of hydrogen-bond donors (Lipinski definition) is 0. The number of carbonyl (C=O) groups excluding carboxylic acids is 1. The molecule has 3 rings (SSSR count). The number of ether oxygens (including phenoxy) is 1. The van der Waals surface area contributed by atoms with E-state index < -0.39 is 0 Å². The first kappa shape index (κ1) is 18.4. The minimum Gasteiger partial charge on any atom is -0.383 e. The van der Waals surface area contributed by atoms with Crippen molar-refractivity contribution in [1.29, 1.82) is 0 Å². The van der Waals surface area contributed by atoms with Gasteiger partial charge in [0.2, 0.25) is 0 Å². The molecule has 1 aromatic carbocycles. The quantitative estimate of drug-likeness (QED) is 0.561. The molecule has 0 bridgehead atoms. The van der Waals surface area contributed by atoms with Gasteiger partial charge in [-0.25, -0.2) is 0 Å². The molecule has 2 heterocycles. The molecule has 2 aromatic heterocycles. The fourth-order valence-corrected chi connectivity index (χ4v) is 4.41. The molecule has 0 spiro atoms. The van der Waals surface area contributed by atoms with Gasteiger partial charge in [0.15, 0.2) is 4.80 Å². The highest BCUT2D eigenvalue weighted by atomic mass is 35.5. The Balaban J connectivity index is 2.04. The average molecular weight is 413 g/mol. The van der Waals surface area contributed by atoms with Gasteiger partial charge in [-0.3, -0.25) is 4.79 Å². The van der Waals surface area contributed by atoms with Crippen molar-refractivity contribution in [3.05, 3.63) is 55.4 Å². The molecule has 0 saturated heterocycles. The average Bonchev–Trinajstić information content (AvgIpc) is 3.22. The zero-order valence-corrected chi connectivity index (χ0v) is 16.4. The van der Waals surface area contributed by atoms with E-state index >= 15 is 0 Å². The highest BCUT2D eigenvalue weighted by Crippen LogP contribution is 2.32. The molecule has 0 N–H and O–H groups in total. The van der Waals surface area contributed by atoms with E-state index in [9.17, 15) is 4.79 Å². The van der Waals surface area contributed by atoms with Crippen LogP contribution >= 0.6 is 45.9 Å². The zero-order chi connectivity index (χ0) is 17.8. The molecular weight excluding hydrogens is 399 g/mol. The molecule has 0 saturated carbocycles. The third-order valence-electron chi connectivity index (χ3n) is 3.39. The van der Waals surface area contributed by atoms with E-state index in [1.807, 2.05) is 28.1 Å². The minimum absolute atomic E-state index is 0.326. The Morgan fingerprint density at radius 2 is 2.20 bits per heavy atom. The smallest absolute Gasteiger partial charge is 0.272 e. The summed E-state index contributed by atoms with van der Waals surface area (Å²) in [5.41, 5.74) is 0.769. The topological polar surface area (TPSA) is 43.6 Å². The van der Waals surface area contributed by atoms with E-state index in [0.717, 1.165) is 15.1 Å². The fourth-order valence-electron chi connectivity index (χ4n) is 2.25. The molecule has 8 heteroatoms. The number of methoxy groups -OCH3 is 1. The Bertz CT molecular complexity index is 988. The van der Waals surface area contributed by atoms with Gasteiger partial charge in [-0.15, -0.1) is 11.3 Å². The Hall–Kier alpha value is -1.44. The molecule has 0 aliphatic heterocycles. The molecule has 0 radical (unpaired) electrons. The third-order valence-corrected chi connectivity index (χ3v) is 6.07. The highest BCUT2D eigenvalue weighted by molar-refractivity contribution is 7.16. The second-order valence-electron chi connectivity index (χ2n) is 5.04. The highest BCUT2D eigenvalue weighted by Gasteiger charge is 2.13. The number of carbonyl (C=O) groups is 1. The lowest BCUT2D eigenvalue weighted by Crippen LogP contribution is -2.19. The van der Waals surface area contributed by atoms with Crippen molar-refractivity contribution in [2.45, 2.75) is 6.54 Å². The predicted molar refractivity (Wildman–Crippen MR) is 106 cm³/mol. The van der Waals surface area contributed by atoms with E-state index in [4.69, 9.17) is 27.9 Å². The van der Waals surface area contributed by atoms with E-state index in [1.165, 1.54) is 17.4 Å². The van der Waals surface area contributed by atoms with E-state index in [1.54, 1.807) is 30.6 Å². The van der Waals surface area contributed by atoms with Gasteiger partial charge in [0.05, 0.1) is 26.9 Å². The first-order chi connectivity index (χ1) is 12.1. The molecule has 4 nitrogen and oxygen atoms in total. The number of hydrogen-bond acceptors (Lipinski definition) is 4. The summed E-state index contributed by atoms with van der Waals surface area (Å²) in [7, 11) is 1.62. The summed E-state index contributed by atoms with van der Waals surface area (Å²) in [6.45, 7) is 0.998. The van der Waals surface area contributed by atoms with E-state index in [0.29, 0.717) is 28.0 Å². The van der Waals surface area contributed by atoms with Crippen LogP contribution in [-0.2, 0) is 16.1 Å². The van der Waals surface area contributed by atoms with Gasteiger partial charge in [0.25, 0.3) is 5.91 Å².